The minimum Gasteiger partial charge on any atom is -0.345 e. The highest BCUT2D eigenvalue weighted by Gasteiger charge is 2.23. The third-order valence-electron chi connectivity index (χ3n) is 4.18. The molecule has 0 radical (unpaired) electrons. The van der Waals surface area contributed by atoms with E-state index in [0.717, 1.165) is 16.8 Å². The van der Waals surface area contributed by atoms with Gasteiger partial charge in [0.25, 0.3) is 0 Å². The molecule has 1 heterocycles. The van der Waals surface area contributed by atoms with Crippen molar-refractivity contribution in [2.75, 3.05) is 17.8 Å². The van der Waals surface area contributed by atoms with Crippen molar-refractivity contribution < 1.29 is 13.2 Å². The number of nitrogens with one attached hydrogen (secondary N) is 2. The highest BCUT2D eigenvalue weighted by molar-refractivity contribution is 7.98. The van der Waals surface area contributed by atoms with Crippen molar-refractivity contribution in [1.29, 1.82) is 0 Å². The number of rotatable bonds is 8. The summed E-state index contributed by atoms with van der Waals surface area (Å²) in [7, 11) is -3.76. The van der Waals surface area contributed by atoms with E-state index in [4.69, 9.17) is 11.6 Å². The molecular weight excluding hydrogens is 418 g/mol. The molecule has 3 rings (SSSR count). The molecule has 2 N–H and O–H groups in total. The van der Waals surface area contributed by atoms with Gasteiger partial charge in [-0.3, -0.25) is 4.79 Å². The van der Waals surface area contributed by atoms with Crippen molar-refractivity contribution in [2.24, 2.45) is 0 Å². The largest absolute Gasteiger partial charge is 0.345 e. The second kappa shape index (κ2) is 8.98. The van der Waals surface area contributed by atoms with E-state index in [1.807, 2.05) is 30.5 Å². The molecule has 0 aliphatic heterocycles. The van der Waals surface area contributed by atoms with Crippen LogP contribution >= 0.6 is 23.4 Å². The molecule has 0 fully saturated rings. The Bertz CT molecular complexity index is 1030. The lowest BCUT2D eigenvalue weighted by Gasteiger charge is -2.16. The zero-order valence-corrected chi connectivity index (χ0v) is 17.6. The summed E-state index contributed by atoms with van der Waals surface area (Å²) in [6.07, 6.45) is 2.61. The monoisotopic (exact) mass is 437 g/mol. The van der Waals surface area contributed by atoms with Gasteiger partial charge in [-0.15, -0.1) is 0 Å². The summed E-state index contributed by atoms with van der Waals surface area (Å²) in [6, 6.07) is 13.0. The van der Waals surface area contributed by atoms with Gasteiger partial charge < -0.3 is 10.3 Å². The molecule has 3 aromatic rings. The molecule has 0 spiro atoms. The maximum absolute atomic E-state index is 12.5. The Morgan fingerprint density at radius 2 is 1.93 bits per heavy atom. The Morgan fingerprint density at radius 1 is 1.21 bits per heavy atom. The number of amides is 1. The van der Waals surface area contributed by atoms with Crippen LogP contribution in [0.15, 0.2) is 53.4 Å². The topological polar surface area (TPSA) is 91.9 Å². The van der Waals surface area contributed by atoms with E-state index >= 15 is 0 Å². The lowest BCUT2D eigenvalue weighted by Crippen LogP contribution is -2.34. The lowest BCUT2D eigenvalue weighted by molar-refractivity contribution is -0.119. The number of halogens is 1. The first-order chi connectivity index (χ1) is 13.4. The van der Waals surface area contributed by atoms with Gasteiger partial charge in [-0.2, -0.15) is 11.8 Å². The summed E-state index contributed by atoms with van der Waals surface area (Å²) < 4.78 is 25.0. The molecule has 0 bridgehead atoms. The predicted molar refractivity (Wildman–Crippen MR) is 113 cm³/mol. The normalized spacial score (nSPS) is 12.8. The highest BCUT2D eigenvalue weighted by atomic mass is 35.5. The number of H-pyrrole nitrogens is 1. The van der Waals surface area contributed by atoms with Gasteiger partial charge in [-0.1, -0.05) is 23.7 Å². The Kier molecular flexibility index (Phi) is 6.64. The van der Waals surface area contributed by atoms with Crippen LogP contribution in [0.5, 0.6) is 0 Å². The van der Waals surface area contributed by atoms with Crippen LogP contribution in [-0.2, 0) is 14.6 Å². The van der Waals surface area contributed by atoms with Crippen LogP contribution < -0.4 is 5.32 Å². The minimum absolute atomic E-state index is 0.0662. The number of thioether (sulfide) groups is 1. The first kappa shape index (κ1) is 20.7. The van der Waals surface area contributed by atoms with E-state index in [9.17, 15) is 13.2 Å². The number of aromatic amines is 1. The fraction of sp³-hybridized carbons (Fsp3) is 0.263. The molecule has 2 aromatic carbocycles. The van der Waals surface area contributed by atoms with Crippen LogP contribution in [-0.4, -0.2) is 42.1 Å². The number of hydrogen-bond donors (Lipinski definition) is 2. The maximum Gasteiger partial charge on any atom is 0.236 e. The summed E-state index contributed by atoms with van der Waals surface area (Å²) >= 11 is 7.45. The number of para-hydroxylation sites is 2. The molecule has 0 saturated carbocycles. The molecule has 28 heavy (non-hydrogen) atoms. The van der Waals surface area contributed by atoms with Gasteiger partial charge in [-0.25, -0.2) is 13.4 Å². The van der Waals surface area contributed by atoms with Gasteiger partial charge in [0.1, 0.15) is 11.6 Å². The first-order valence-electron chi connectivity index (χ1n) is 8.60. The zero-order chi connectivity index (χ0) is 20.1. The quantitative estimate of drug-likeness (QED) is 0.561. The van der Waals surface area contributed by atoms with Gasteiger partial charge in [0.2, 0.25) is 5.91 Å². The Morgan fingerprint density at radius 3 is 2.61 bits per heavy atom. The maximum atomic E-state index is 12.5. The summed E-state index contributed by atoms with van der Waals surface area (Å²) in [4.78, 5) is 20.3. The number of carbonyl (C=O) groups excluding carboxylic acids is 1. The molecule has 0 aliphatic rings. The molecule has 1 aromatic heterocycles. The van der Waals surface area contributed by atoms with E-state index in [1.165, 1.54) is 24.3 Å². The Labute approximate surface area is 173 Å². The zero-order valence-electron chi connectivity index (χ0n) is 15.2. The SMILES string of the molecule is CSCC[C@@H](NC(=O)CS(=O)(=O)c1ccc(Cl)cc1)c1nc2ccccc2[nH]1. The van der Waals surface area contributed by atoms with E-state index in [2.05, 4.69) is 15.3 Å². The minimum atomic E-state index is -3.76. The van der Waals surface area contributed by atoms with Crippen molar-refractivity contribution in [3.8, 4) is 0 Å². The number of hydrogen-bond acceptors (Lipinski definition) is 5. The first-order valence-corrected chi connectivity index (χ1v) is 12.0. The van der Waals surface area contributed by atoms with Crippen molar-refractivity contribution in [3.63, 3.8) is 0 Å². The smallest absolute Gasteiger partial charge is 0.236 e. The molecule has 148 valence electrons. The average Bonchev–Trinajstić information content (AvgIpc) is 3.09. The van der Waals surface area contributed by atoms with Crippen LogP contribution in [0.2, 0.25) is 5.02 Å². The molecule has 1 amide bonds. The number of carbonyl (C=O) groups is 1. The molecule has 1 atom stereocenters. The van der Waals surface area contributed by atoms with Gasteiger partial charge in [0, 0.05) is 5.02 Å². The number of benzene rings is 2. The summed E-state index contributed by atoms with van der Waals surface area (Å²) in [5.41, 5.74) is 1.67. The van der Waals surface area contributed by atoms with Crippen LogP contribution in [0.25, 0.3) is 11.0 Å². The fourth-order valence-electron chi connectivity index (χ4n) is 2.78. The molecule has 0 saturated heterocycles. The molecule has 6 nitrogen and oxygen atoms in total. The second-order valence-electron chi connectivity index (χ2n) is 6.25. The van der Waals surface area contributed by atoms with Crippen molar-refractivity contribution in [3.05, 3.63) is 59.4 Å². The second-order valence-corrected chi connectivity index (χ2v) is 9.67. The van der Waals surface area contributed by atoms with E-state index in [-0.39, 0.29) is 4.90 Å². The lowest BCUT2D eigenvalue weighted by atomic mass is 10.2. The molecular formula is C19H20ClN3O3S2. The van der Waals surface area contributed by atoms with Crippen molar-refractivity contribution in [1.82, 2.24) is 15.3 Å². The van der Waals surface area contributed by atoms with E-state index in [0.29, 0.717) is 17.3 Å². The molecule has 0 aliphatic carbocycles. The van der Waals surface area contributed by atoms with Gasteiger partial charge in [0.05, 0.1) is 22.0 Å². The number of aromatic nitrogens is 2. The van der Waals surface area contributed by atoms with Crippen molar-refractivity contribution in [2.45, 2.75) is 17.4 Å². The standard InChI is InChI=1S/C19H20ClN3O3S2/c1-27-11-10-17(19-22-15-4-2-3-5-16(15)23-19)21-18(24)12-28(25,26)14-8-6-13(20)7-9-14/h2-9,17H,10-12H2,1H3,(H,21,24)(H,22,23)/t17-/m1/s1. The summed E-state index contributed by atoms with van der Waals surface area (Å²) in [5.74, 6) is 0.213. The Balaban J connectivity index is 1.76. The van der Waals surface area contributed by atoms with Crippen LogP contribution in [0, 0.1) is 0 Å². The number of sulfone groups is 1. The van der Waals surface area contributed by atoms with Crippen molar-refractivity contribution >= 4 is 50.1 Å². The third kappa shape index (κ3) is 5.06. The van der Waals surface area contributed by atoms with Gasteiger partial charge >= 0.3 is 0 Å². The summed E-state index contributed by atoms with van der Waals surface area (Å²) in [5, 5.41) is 3.25. The molecule has 0 unspecified atom stereocenters. The third-order valence-corrected chi connectivity index (χ3v) is 6.71. The van der Waals surface area contributed by atoms with Crippen LogP contribution in [0.3, 0.4) is 0 Å². The van der Waals surface area contributed by atoms with Gasteiger partial charge in [-0.05, 0) is 54.8 Å². The summed E-state index contributed by atoms with van der Waals surface area (Å²) in [6.45, 7) is 0. The predicted octanol–water partition coefficient (Wildman–Crippen LogP) is 3.60. The number of fused-ring (bicyclic) bond motifs is 1. The number of nitrogens with zero attached hydrogens (tertiary/aromatic N) is 1. The highest BCUT2D eigenvalue weighted by Crippen LogP contribution is 2.21. The average molecular weight is 438 g/mol. The molecule has 9 heteroatoms. The Hall–Kier alpha value is -2.03. The van der Waals surface area contributed by atoms with Crippen LogP contribution in [0.1, 0.15) is 18.3 Å². The fourth-order valence-corrected chi connectivity index (χ4v) is 4.53. The van der Waals surface area contributed by atoms with E-state index < -0.39 is 27.5 Å². The van der Waals surface area contributed by atoms with Gasteiger partial charge in [0.15, 0.2) is 9.84 Å². The van der Waals surface area contributed by atoms with Crippen LogP contribution in [0.4, 0.5) is 0 Å². The van der Waals surface area contributed by atoms with E-state index in [1.54, 1.807) is 11.8 Å². The number of imidazole rings is 1.